The van der Waals surface area contributed by atoms with Crippen molar-refractivity contribution in [2.45, 2.75) is 39.2 Å². The lowest BCUT2D eigenvalue weighted by atomic mass is 10.2. The summed E-state index contributed by atoms with van der Waals surface area (Å²) in [5.74, 6) is -2.61. The standard InChI is InChI=1S/C14H22N2O6/c1-14(2,3)22-13(21)9-16-7-5-10(17)15(8-12(19)20)6-4-11(16)18/h4-9H2,1-3H3,(H,19,20)/p-1. The zero-order valence-electron chi connectivity index (χ0n) is 13.1. The minimum absolute atomic E-state index is 0.00351. The van der Waals surface area contributed by atoms with Gasteiger partial charge in [-0.05, 0) is 20.8 Å². The highest BCUT2D eigenvalue weighted by molar-refractivity contribution is 5.86. The first-order valence-electron chi connectivity index (χ1n) is 7.06. The molecule has 1 fully saturated rings. The maximum Gasteiger partial charge on any atom is 0.326 e. The predicted octanol–water partition coefficient (Wildman–Crippen LogP) is -1.47. The van der Waals surface area contributed by atoms with Gasteiger partial charge in [-0.3, -0.25) is 14.4 Å². The van der Waals surface area contributed by atoms with Crippen LogP contribution in [0.5, 0.6) is 0 Å². The molecule has 1 heterocycles. The van der Waals surface area contributed by atoms with E-state index in [9.17, 15) is 24.3 Å². The van der Waals surface area contributed by atoms with Crippen LogP contribution in [0.15, 0.2) is 0 Å². The van der Waals surface area contributed by atoms with E-state index >= 15 is 0 Å². The molecule has 1 aliphatic heterocycles. The summed E-state index contributed by atoms with van der Waals surface area (Å²) in [4.78, 5) is 48.6. The number of amides is 2. The largest absolute Gasteiger partial charge is 0.548 e. The number of carboxylic acids is 1. The SMILES string of the molecule is CC(C)(C)OC(=O)CN1CCC(=O)N(CC(=O)[O-])CCC1=O. The van der Waals surface area contributed by atoms with Gasteiger partial charge >= 0.3 is 5.97 Å². The number of aliphatic carboxylic acids is 1. The van der Waals surface area contributed by atoms with Gasteiger partial charge in [-0.15, -0.1) is 0 Å². The Labute approximate surface area is 129 Å². The molecule has 1 aliphatic rings. The van der Waals surface area contributed by atoms with Gasteiger partial charge in [0.25, 0.3) is 0 Å². The Hall–Kier alpha value is -2.12. The Balaban J connectivity index is 2.62. The predicted molar refractivity (Wildman–Crippen MR) is 73.2 cm³/mol. The van der Waals surface area contributed by atoms with Crippen LogP contribution in [0.25, 0.3) is 0 Å². The summed E-state index contributed by atoms with van der Waals surface area (Å²) in [6, 6.07) is 0. The van der Waals surface area contributed by atoms with E-state index in [0.29, 0.717) is 0 Å². The molecule has 0 aliphatic carbocycles. The molecule has 124 valence electrons. The highest BCUT2D eigenvalue weighted by Crippen LogP contribution is 2.10. The number of carbonyl (C=O) groups is 4. The molecule has 0 aromatic heterocycles. The summed E-state index contributed by atoms with van der Waals surface area (Å²) in [5.41, 5.74) is -0.649. The summed E-state index contributed by atoms with van der Waals surface area (Å²) in [6.07, 6.45) is -0.0797. The lowest BCUT2D eigenvalue weighted by Gasteiger charge is -2.30. The second kappa shape index (κ2) is 7.24. The highest BCUT2D eigenvalue weighted by Gasteiger charge is 2.26. The fourth-order valence-corrected chi connectivity index (χ4v) is 2.05. The van der Waals surface area contributed by atoms with Crippen LogP contribution in [-0.4, -0.2) is 65.3 Å². The van der Waals surface area contributed by atoms with E-state index < -0.39 is 24.1 Å². The van der Waals surface area contributed by atoms with Gasteiger partial charge in [-0.25, -0.2) is 0 Å². The lowest BCUT2D eigenvalue weighted by molar-refractivity contribution is -0.306. The van der Waals surface area contributed by atoms with Crippen molar-refractivity contribution in [3.05, 3.63) is 0 Å². The normalized spacial score (nSPS) is 17.0. The third kappa shape index (κ3) is 6.11. The molecule has 1 rings (SSSR count). The van der Waals surface area contributed by atoms with Crippen molar-refractivity contribution in [1.29, 1.82) is 0 Å². The summed E-state index contributed by atoms with van der Waals surface area (Å²) in [6.45, 7) is 4.48. The van der Waals surface area contributed by atoms with Crippen molar-refractivity contribution in [2.24, 2.45) is 0 Å². The molecule has 0 aromatic rings. The lowest BCUT2D eigenvalue weighted by Crippen LogP contribution is -2.48. The Kier molecular flexibility index (Phi) is 5.90. The van der Waals surface area contributed by atoms with Gasteiger partial charge in [0.05, 0.1) is 12.5 Å². The van der Waals surface area contributed by atoms with Gasteiger partial charge in [0.2, 0.25) is 11.8 Å². The molecular formula is C14H21N2O6-. The molecule has 0 bridgehead atoms. The molecule has 0 aromatic carbocycles. The number of ether oxygens (including phenoxy) is 1. The average molecular weight is 313 g/mol. The number of hydrogen-bond acceptors (Lipinski definition) is 6. The van der Waals surface area contributed by atoms with Crippen molar-refractivity contribution >= 4 is 23.8 Å². The second-order valence-electron chi connectivity index (χ2n) is 6.09. The Bertz CT molecular complexity index is 468. The molecule has 8 heteroatoms. The number of esters is 1. The third-order valence-corrected chi connectivity index (χ3v) is 2.96. The quantitative estimate of drug-likeness (QED) is 0.586. The van der Waals surface area contributed by atoms with Crippen LogP contribution in [-0.2, 0) is 23.9 Å². The minimum atomic E-state index is -1.37. The smallest absolute Gasteiger partial charge is 0.326 e. The van der Waals surface area contributed by atoms with Crippen LogP contribution in [0.4, 0.5) is 0 Å². The molecule has 0 N–H and O–H groups in total. The van der Waals surface area contributed by atoms with E-state index in [2.05, 4.69) is 0 Å². The van der Waals surface area contributed by atoms with Crippen molar-refractivity contribution in [2.75, 3.05) is 26.2 Å². The molecule has 0 saturated carbocycles. The second-order valence-corrected chi connectivity index (χ2v) is 6.09. The van der Waals surface area contributed by atoms with E-state index in [4.69, 9.17) is 4.74 Å². The number of rotatable bonds is 4. The molecule has 1 saturated heterocycles. The fourth-order valence-electron chi connectivity index (χ4n) is 2.05. The number of carbonyl (C=O) groups excluding carboxylic acids is 4. The van der Waals surface area contributed by atoms with Crippen LogP contribution >= 0.6 is 0 Å². The van der Waals surface area contributed by atoms with Crippen molar-refractivity contribution in [1.82, 2.24) is 9.80 Å². The fraction of sp³-hybridized carbons (Fsp3) is 0.714. The van der Waals surface area contributed by atoms with Crippen LogP contribution in [0.2, 0.25) is 0 Å². The van der Waals surface area contributed by atoms with E-state index in [1.54, 1.807) is 20.8 Å². The van der Waals surface area contributed by atoms with E-state index in [-0.39, 0.29) is 44.3 Å². The number of hydrogen-bond donors (Lipinski definition) is 0. The molecule has 0 atom stereocenters. The van der Waals surface area contributed by atoms with Crippen LogP contribution in [0.1, 0.15) is 33.6 Å². The first-order chi connectivity index (χ1) is 10.1. The van der Waals surface area contributed by atoms with Gasteiger partial charge < -0.3 is 24.4 Å². The molecular weight excluding hydrogens is 292 g/mol. The van der Waals surface area contributed by atoms with Gasteiger partial charge in [-0.1, -0.05) is 0 Å². The van der Waals surface area contributed by atoms with Gasteiger partial charge in [0.1, 0.15) is 12.1 Å². The van der Waals surface area contributed by atoms with Gasteiger partial charge in [-0.2, -0.15) is 0 Å². The molecule has 0 spiro atoms. The summed E-state index contributed by atoms with van der Waals surface area (Å²) < 4.78 is 5.15. The Morgan fingerprint density at radius 3 is 1.91 bits per heavy atom. The Morgan fingerprint density at radius 1 is 1.05 bits per heavy atom. The van der Waals surface area contributed by atoms with E-state index in [0.717, 1.165) is 4.90 Å². The zero-order chi connectivity index (χ0) is 16.9. The third-order valence-electron chi connectivity index (χ3n) is 2.96. The summed E-state index contributed by atoms with van der Waals surface area (Å²) >= 11 is 0. The van der Waals surface area contributed by atoms with Crippen LogP contribution < -0.4 is 5.11 Å². The van der Waals surface area contributed by atoms with Crippen molar-refractivity contribution in [3.8, 4) is 0 Å². The molecule has 0 radical (unpaired) electrons. The van der Waals surface area contributed by atoms with Crippen molar-refractivity contribution < 1.29 is 29.0 Å². The monoisotopic (exact) mass is 313 g/mol. The average Bonchev–Trinajstić information content (AvgIpc) is 2.34. The first-order valence-corrected chi connectivity index (χ1v) is 7.06. The number of nitrogens with zero attached hydrogens (tertiary/aromatic N) is 2. The van der Waals surface area contributed by atoms with E-state index in [1.165, 1.54) is 4.90 Å². The first kappa shape index (κ1) is 17.9. The van der Waals surface area contributed by atoms with Gasteiger partial charge in [0, 0.05) is 25.9 Å². The van der Waals surface area contributed by atoms with Gasteiger partial charge in [0.15, 0.2) is 0 Å². The summed E-state index contributed by atoms with van der Waals surface area (Å²) in [7, 11) is 0. The van der Waals surface area contributed by atoms with E-state index in [1.807, 2.05) is 0 Å². The zero-order valence-corrected chi connectivity index (χ0v) is 13.1. The molecule has 2 amide bonds. The van der Waals surface area contributed by atoms with Crippen LogP contribution in [0.3, 0.4) is 0 Å². The molecule has 22 heavy (non-hydrogen) atoms. The molecule has 0 unspecified atom stereocenters. The Morgan fingerprint density at radius 2 is 1.50 bits per heavy atom. The topological polar surface area (TPSA) is 107 Å². The maximum absolute atomic E-state index is 12.0. The number of carboxylic acid groups (broad SMARTS) is 1. The molecule has 8 nitrogen and oxygen atoms in total. The summed E-state index contributed by atoms with van der Waals surface area (Å²) in [5, 5.41) is 10.6. The van der Waals surface area contributed by atoms with Crippen molar-refractivity contribution in [3.63, 3.8) is 0 Å². The minimum Gasteiger partial charge on any atom is -0.548 e. The highest BCUT2D eigenvalue weighted by atomic mass is 16.6. The maximum atomic E-state index is 12.0. The van der Waals surface area contributed by atoms with Crippen LogP contribution in [0, 0.1) is 0 Å².